The number of anilines is 4. The monoisotopic (exact) mass is 591 g/mol. The number of benzene rings is 2. The van der Waals surface area contributed by atoms with Gasteiger partial charge in [0.25, 0.3) is 5.56 Å². The third-order valence-corrected chi connectivity index (χ3v) is 6.91. The number of ether oxygens (including phenoxy) is 2. The summed E-state index contributed by atoms with van der Waals surface area (Å²) >= 11 is 0. The van der Waals surface area contributed by atoms with Gasteiger partial charge in [-0.3, -0.25) is 14.7 Å². The van der Waals surface area contributed by atoms with Crippen molar-refractivity contribution < 1.29 is 14.3 Å². The minimum atomic E-state index is -0.655. The van der Waals surface area contributed by atoms with Gasteiger partial charge < -0.3 is 19.7 Å². The van der Waals surface area contributed by atoms with Crippen LogP contribution in [0.2, 0.25) is 0 Å². The number of rotatable bonds is 6. The molecule has 6 rings (SSSR count). The highest BCUT2D eigenvalue weighted by atomic mass is 16.6. The number of carbonyl (C=O) groups is 1. The molecule has 0 atom stereocenters. The van der Waals surface area contributed by atoms with E-state index in [9.17, 15) is 9.59 Å². The molecule has 1 saturated heterocycles. The van der Waals surface area contributed by atoms with E-state index in [2.05, 4.69) is 25.5 Å². The van der Waals surface area contributed by atoms with Crippen molar-refractivity contribution in [3.63, 3.8) is 0 Å². The number of aromatic nitrogens is 4. The fraction of sp³-hybridized carbons (Fsp3) is 0.242. The Morgan fingerprint density at radius 3 is 2.43 bits per heavy atom. The molecule has 3 aromatic heterocycles. The molecule has 5 aromatic rings. The smallest absolute Gasteiger partial charge is 0.412 e. The third-order valence-electron chi connectivity index (χ3n) is 6.91. The summed E-state index contributed by atoms with van der Waals surface area (Å²) in [6, 6.07) is 22.1. The van der Waals surface area contributed by atoms with Gasteiger partial charge in [0, 0.05) is 35.9 Å². The Kier molecular flexibility index (Phi) is 7.95. The summed E-state index contributed by atoms with van der Waals surface area (Å²) in [5, 5.41) is 6.64. The summed E-state index contributed by atoms with van der Waals surface area (Å²) < 4.78 is 12.4. The Hall–Kier alpha value is -5.29. The lowest BCUT2D eigenvalue weighted by atomic mass is 10.1. The van der Waals surface area contributed by atoms with Gasteiger partial charge in [-0.25, -0.2) is 14.8 Å². The standard InChI is InChI=1S/C33H33N7O4/c1-33(2,3)44-32(42)37-24-10-7-11-26(19-24)40-29-23(18-27(30(40)41)22-8-5-4-6-9-22)20-35-31(38-29)36-25-12-13-28(34-21-25)39-14-16-43-17-15-39/h4-13,18-21H,14-17H2,1-3H3,(H,37,42)(H,35,36,38). The van der Waals surface area contributed by atoms with Crippen molar-refractivity contribution in [2.75, 3.05) is 41.8 Å². The maximum absolute atomic E-state index is 14.1. The second-order valence-corrected chi connectivity index (χ2v) is 11.3. The first-order valence-corrected chi connectivity index (χ1v) is 14.4. The molecule has 11 nitrogen and oxygen atoms in total. The zero-order valence-corrected chi connectivity index (χ0v) is 24.8. The van der Waals surface area contributed by atoms with Crippen molar-refractivity contribution in [3.05, 3.63) is 95.5 Å². The number of nitrogens with one attached hydrogen (secondary N) is 2. The summed E-state index contributed by atoms with van der Waals surface area (Å²) in [6.07, 6.45) is 2.83. The summed E-state index contributed by atoms with van der Waals surface area (Å²) in [5.41, 5.74) is 2.45. The predicted octanol–water partition coefficient (Wildman–Crippen LogP) is 5.77. The number of carbonyl (C=O) groups excluding carboxylic acids is 1. The van der Waals surface area contributed by atoms with E-state index in [4.69, 9.17) is 14.5 Å². The molecule has 0 saturated carbocycles. The number of hydrogen-bond acceptors (Lipinski definition) is 9. The average molecular weight is 592 g/mol. The van der Waals surface area contributed by atoms with Crippen LogP contribution in [0.4, 0.5) is 27.9 Å². The van der Waals surface area contributed by atoms with Gasteiger partial charge >= 0.3 is 6.09 Å². The lowest BCUT2D eigenvalue weighted by Crippen LogP contribution is -2.36. The van der Waals surface area contributed by atoms with Crippen LogP contribution in [0.1, 0.15) is 20.8 Å². The van der Waals surface area contributed by atoms with Gasteiger partial charge in [-0.15, -0.1) is 0 Å². The summed E-state index contributed by atoms with van der Waals surface area (Å²) in [6.45, 7) is 8.34. The molecule has 1 aliphatic rings. The topological polar surface area (TPSA) is 124 Å². The number of fused-ring (bicyclic) bond motifs is 1. The number of hydrogen-bond donors (Lipinski definition) is 2. The lowest BCUT2D eigenvalue weighted by molar-refractivity contribution is 0.0636. The van der Waals surface area contributed by atoms with E-state index in [1.54, 1.807) is 63.5 Å². The Morgan fingerprint density at radius 1 is 0.909 bits per heavy atom. The highest BCUT2D eigenvalue weighted by molar-refractivity contribution is 5.86. The van der Waals surface area contributed by atoms with Gasteiger partial charge in [0.2, 0.25) is 5.95 Å². The Bertz CT molecular complexity index is 1850. The van der Waals surface area contributed by atoms with Crippen molar-refractivity contribution in [1.82, 2.24) is 19.5 Å². The quantitative estimate of drug-likeness (QED) is 0.253. The largest absolute Gasteiger partial charge is 0.444 e. The van der Waals surface area contributed by atoms with E-state index in [1.165, 1.54) is 4.57 Å². The van der Waals surface area contributed by atoms with E-state index in [-0.39, 0.29) is 5.56 Å². The molecule has 2 N–H and O–H groups in total. The lowest BCUT2D eigenvalue weighted by Gasteiger charge is -2.27. The summed E-state index contributed by atoms with van der Waals surface area (Å²) in [5.74, 6) is 1.18. The van der Waals surface area contributed by atoms with Gasteiger partial charge in [-0.1, -0.05) is 36.4 Å². The Balaban J connectivity index is 1.39. The molecule has 0 spiro atoms. The van der Waals surface area contributed by atoms with Crippen LogP contribution < -0.4 is 21.1 Å². The first-order chi connectivity index (χ1) is 21.2. The molecule has 2 aromatic carbocycles. The van der Waals surface area contributed by atoms with E-state index >= 15 is 0 Å². The molecule has 224 valence electrons. The Labute approximate surface area is 254 Å². The molecule has 0 radical (unpaired) electrons. The predicted molar refractivity (Wildman–Crippen MR) is 171 cm³/mol. The van der Waals surface area contributed by atoms with Crippen molar-refractivity contribution in [3.8, 4) is 16.8 Å². The second kappa shape index (κ2) is 12.1. The van der Waals surface area contributed by atoms with Crippen molar-refractivity contribution in [2.24, 2.45) is 0 Å². The van der Waals surface area contributed by atoms with Crippen molar-refractivity contribution in [1.29, 1.82) is 0 Å². The molecule has 0 bridgehead atoms. The maximum atomic E-state index is 14.1. The average Bonchev–Trinajstić information content (AvgIpc) is 3.01. The molecule has 0 unspecified atom stereocenters. The summed E-state index contributed by atoms with van der Waals surface area (Å²) in [7, 11) is 0. The van der Waals surface area contributed by atoms with Crippen LogP contribution in [-0.2, 0) is 9.47 Å². The molecular formula is C33H33N7O4. The molecule has 0 aliphatic carbocycles. The minimum Gasteiger partial charge on any atom is -0.444 e. The van der Waals surface area contributed by atoms with Crippen LogP contribution in [-0.4, -0.2) is 57.5 Å². The van der Waals surface area contributed by atoms with Gasteiger partial charge in [-0.05, 0) is 62.7 Å². The first kappa shape index (κ1) is 28.8. The van der Waals surface area contributed by atoms with Gasteiger partial charge in [-0.2, -0.15) is 4.98 Å². The highest BCUT2D eigenvalue weighted by Gasteiger charge is 2.19. The van der Waals surface area contributed by atoms with Gasteiger partial charge in [0.05, 0.1) is 30.8 Å². The molecule has 4 heterocycles. The van der Waals surface area contributed by atoms with Crippen molar-refractivity contribution in [2.45, 2.75) is 26.4 Å². The van der Waals surface area contributed by atoms with Crippen LogP contribution >= 0.6 is 0 Å². The van der Waals surface area contributed by atoms with E-state index < -0.39 is 11.7 Å². The van der Waals surface area contributed by atoms with Crippen LogP contribution in [0.25, 0.3) is 27.8 Å². The molecular weight excluding hydrogens is 558 g/mol. The summed E-state index contributed by atoms with van der Waals surface area (Å²) in [4.78, 5) is 42.7. The second-order valence-electron chi connectivity index (χ2n) is 11.3. The fourth-order valence-electron chi connectivity index (χ4n) is 4.93. The maximum Gasteiger partial charge on any atom is 0.412 e. The van der Waals surface area contributed by atoms with E-state index in [0.29, 0.717) is 52.8 Å². The zero-order chi connectivity index (χ0) is 30.7. The van der Waals surface area contributed by atoms with Crippen molar-refractivity contribution >= 4 is 40.3 Å². The SMILES string of the molecule is CC(C)(C)OC(=O)Nc1cccc(-n2c(=O)c(-c3ccccc3)cc3cnc(Nc4ccc(N5CCOCC5)nc4)nc32)c1. The number of amides is 1. The normalized spacial score (nSPS) is 13.5. The number of nitrogens with zero attached hydrogens (tertiary/aromatic N) is 5. The van der Waals surface area contributed by atoms with E-state index in [1.807, 2.05) is 42.5 Å². The van der Waals surface area contributed by atoms with Gasteiger partial charge in [0.15, 0.2) is 5.65 Å². The third kappa shape index (κ3) is 6.52. The van der Waals surface area contributed by atoms with Crippen LogP contribution in [0.5, 0.6) is 0 Å². The number of pyridine rings is 2. The molecule has 44 heavy (non-hydrogen) atoms. The highest BCUT2D eigenvalue weighted by Crippen LogP contribution is 2.25. The minimum absolute atomic E-state index is 0.265. The van der Waals surface area contributed by atoms with Crippen LogP contribution in [0.3, 0.4) is 0 Å². The zero-order valence-electron chi connectivity index (χ0n) is 24.8. The molecule has 11 heteroatoms. The number of morpholine rings is 1. The van der Waals surface area contributed by atoms with Crippen LogP contribution in [0.15, 0.2) is 90.0 Å². The molecule has 1 fully saturated rings. The molecule has 1 aliphatic heterocycles. The Morgan fingerprint density at radius 2 is 1.70 bits per heavy atom. The van der Waals surface area contributed by atoms with E-state index in [0.717, 1.165) is 24.5 Å². The molecule has 1 amide bonds. The van der Waals surface area contributed by atoms with Gasteiger partial charge in [0.1, 0.15) is 11.4 Å². The van der Waals surface area contributed by atoms with Crippen LogP contribution in [0, 0.1) is 0 Å². The first-order valence-electron chi connectivity index (χ1n) is 14.4. The fourth-order valence-corrected chi connectivity index (χ4v) is 4.93.